The van der Waals surface area contributed by atoms with E-state index in [-0.39, 0.29) is 6.04 Å². The first-order valence-electron chi connectivity index (χ1n) is 10.6. The van der Waals surface area contributed by atoms with Gasteiger partial charge in [0, 0.05) is 53.2 Å². The molecule has 5 rings (SSSR count). The Balaban J connectivity index is 1.64. The number of methoxy groups -OCH3 is 2. The van der Waals surface area contributed by atoms with Gasteiger partial charge in [-0.1, -0.05) is 42.1 Å². The SMILES string of the molecule is COc1cccc([C@@H]2c3[nH]c4ccccc4c3CCN2Cc2cnc(SC)nc2)c1OC. The third-order valence-corrected chi connectivity index (χ3v) is 6.69. The molecule has 1 atom stereocenters. The Morgan fingerprint density at radius 1 is 1.06 bits per heavy atom. The van der Waals surface area contributed by atoms with Crippen LogP contribution in [0.2, 0.25) is 0 Å². The van der Waals surface area contributed by atoms with Crippen molar-refractivity contribution in [3.8, 4) is 11.5 Å². The molecule has 0 radical (unpaired) electrons. The van der Waals surface area contributed by atoms with Crippen LogP contribution in [0.5, 0.6) is 11.5 Å². The van der Waals surface area contributed by atoms with Crippen LogP contribution in [-0.4, -0.2) is 46.9 Å². The summed E-state index contributed by atoms with van der Waals surface area (Å²) in [5, 5.41) is 2.08. The van der Waals surface area contributed by atoms with E-state index in [9.17, 15) is 0 Å². The second kappa shape index (κ2) is 8.84. The third-order valence-electron chi connectivity index (χ3n) is 6.11. The minimum Gasteiger partial charge on any atom is -0.493 e. The summed E-state index contributed by atoms with van der Waals surface area (Å²) in [5.41, 5.74) is 5.93. The predicted octanol–water partition coefficient (Wildman–Crippen LogP) is 4.84. The van der Waals surface area contributed by atoms with Gasteiger partial charge in [-0.25, -0.2) is 9.97 Å². The van der Waals surface area contributed by atoms with Crippen molar-refractivity contribution in [1.29, 1.82) is 0 Å². The van der Waals surface area contributed by atoms with Crippen LogP contribution in [0, 0.1) is 0 Å². The molecule has 1 aliphatic rings. The van der Waals surface area contributed by atoms with Gasteiger partial charge in [0.1, 0.15) is 0 Å². The van der Waals surface area contributed by atoms with Gasteiger partial charge < -0.3 is 14.5 Å². The zero-order valence-corrected chi connectivity index (χ0v) is 19.3. The largest absolute Gasteiger partial charge is 0.493 e. The first-order valence-corrected chi connectivity index (χ1v) is 11.8. The van der Waals surface area contributed by atoms with Crippen molar-refractivity contribution in [2.24, 2.45) is 0 Å². The molecule has 0 fully saturated rings. The van der Waals surface area contributed by atoms with Gasteiger partial charge in [-0.15, -0.1) is 0 Å². The maximum absolute atomic E-state index is 5.85. The topological polar surface area (TPSA) is 63.3 Å². The molecule has 0 saturated carbocycles. The molecule has 6 nitrogen and oxygen atoms in total. The van der Waals surface area contributed by atoms with Gasteiger partial charge in [0.05, 0.1) is 20.3 Å². The number of fused-ring (bicyclic) bond motifs is 3. The Labute approximate surface area is 192 Å². The maximum atomic E-state index is 5.85. The van der Waals surface area contributed by atoms with E-state index in [1.807, 2.05) is 30.8 Å². The third kappa shape index (κ3) is 3.61. The highest BCUT2D eigenvalue weighted by Crippen LogP contribution is 2.44. The Kier molecular flexibility index (Phi) is 5.76. The summed E-state index contributed by atoms with van der Waals surface area (Å²) in [6, 6.07) is 14.6. The molecule has 0 amide bonds. The van der Waals surface area contributed by atoms with Gasteiger partial charge in [-0.2, -0.15) is 0 Å². The van der Waals surface area contributed by atoms with E-state index >= 15 is 0 Å². The Bertz CT molecular complexity index is 1240. The van der Waals surface area contributed by atoms with E-state index in [4.69, 9.17) is 9.47 Å². The van der Waals surface area contributed by atoms with E-state index in [0.29, 0.717) is 0 Å². The molecule has 0 spiro atoms. The molecule has 1 N–H and O–H groups in total. The van der Waals surface area contributed by atoms with Crippen LogP contribution in [0.15, 0.2) is 60.0 Å². The number of benzene rings is 2. The second-order valence-corrected chi connectivity index (χ2v) is 8.62. The number of aromatic nitrogens is 3. The van der Waals surface area contributed by atoms with E-state index in [2.05, 4.69) is 50.2 Å². The number of hydrogen-bond acceptors (Lipinski definition) is 6. The zero-order valence-electron chi connectivity index (χ0n) is 18.5. The van der Waals surface area contributed by atoms with Crippen LogP contribution >= 0.6 is 11.8 Å². The number of nitrogens with one attached hydrogen (secondary N) is 1. The fourth-order valence-corrected chi connectivity index (χ4v) is 5.02. The summed E-state index contributed by atoms with van der Waals surface area (Å²) < 4.78 is 11.5. The molecule has 2 aromatic carbocycles. The van der Waals surface area contributed by atoms with Crippen molar-refractivity contribution in [3.63, 3.8) is 0 Å². The Morgan fingerprint density at radius 3 is 2.62 bits per heavy atom. The number of thioether (sulfide) groups is 1. The van der Waals surface area contributed by atoms with E-state index in [0.717, 1.165) is 47.3 Å². The molecule has 32 heavy (non-hydrogen) atoms. The first-order chi connectivity index (χ1) is 15.7. The molecule has 4 aromatic rings. The molecule has 3 heterocycles. The summed E-state index contributed by atoms with van der Waals surface area (Å²) in [6.45, 7) is 1.67. The van der Waals surface area contributed by atoms with E-state index < -0.39 is 0 Å². The molecule has 164 valence electrons. The molecule has 7 heteroatoms. The first kappa shape index (κ1) is 20.8. The molecule has 2 aromatic heterocycles. The fourth-order valence-electron chi connectivity index (χ4n) is 4.71. The number of nitrogens with zero attached hydrogens (tertiary/aromatic N) is 3. The summed E-state index contributed by atoms with van der Waals surface area (Å²) in [6.07, 6.45) is 6.83. The van der Waals surface area contributed by atoms with Crippen LogP contribution in [0.3, 0.4) is 0 Å². The van der Waals surface area contributed by atoms with Crippen LogP contribution in [0.4, 0.5) is 0 Å². The fraction of sp³-hybridized carbons (Fsp3) is 0.280. The van der Waals surface area contributed by atoms with E-state index in [1.54, 1.807) is 26.0 Å². The van der Waals surface area contributed by atoms with Gasteiger partial charge in [-0.3, -0.25) is 4.90 Å². The highest BCUT2D eigenvalue weighted by Gasteiger charge is 2.34. The number of H-pyrrole nitrogens is 1. The molecule has 0 aliphatic carbocycles. The minimum atomic E-state index is -0.00331. The van der Waals surface area contributed by atoms with Crippen molar-refractivity contribution in [2.45, 2.75) is 24.2 Å². The lowest BCUT2D eigenvalue weighted by atomic mass is 9.91. The normalized spacial score (nSPS) is 16.2. The lowest BCUT2D eigenvalue weighted by Crippen LogP contribution is -2.36. The van der Waals surface area contributed by atoms with E-state index in [1.165, 1.54) is 22.2 Å². The van der Waals surface area contributed by atoms with Gasteiger partial charge in [0.15, 0.2) is 16.7 Å². The summed E-state index contributed by atoms with van der Waals surface area (Å²) in [4.78, 5) is 15.1. The van der Waals surface area contributed by atoms with Gasteiger partial charge in [-0.05, 0) is 30.4 Å². The average molecular weight is 447 g/mol. The molecule has 0 bridgehead atoms. The van der Waals surface area contributed by atoms with Crippen LogP contribution < -0.4 is 9.47 Å². The van der Waals surface area contributed by atoms with Crippen molar-refractivity contribution in [3.05, 3.63) is 77.2 Å². The number of para-hydroxylation sites is 2. The monoisotopic (exact) mass is 446 g/mol. The number of ether oxygens (including phenoxy) is 2. The quantitative estimate of drug-likeness (QED) is 0.338. The molecular weight excluding hydrogens is 420 g/mol. The maximum Gasteiger partial charge on any atom is 0.187 e. The van der Waals surface area contributed by atoms with Gasteiger partial charge >= 0.3 is 0 Å². The number of hydrogen-bond donors (Lipinski definition) is 1. The predicted molar refractivity (Wildman–Crippen MR) is 128 cm³/mol. The second-order valence-electron chi connectivity index (χ2n) is 7.85. The van der Waals surface area contributed by atoms with Gasteiger partial charge in [0.2, 0.25) is 0 Å². The van der Waals surface area contributed by atoms with Crippen molar-refractivity contribution >= 4 is 22.7 Å². The number of rotatable bonds is 6. The zero-order chi connectivity index (χ0) is 22.1. The van der Waals surface area contributed by atoms with Gasteiger partial charge in [0.25, 0.3) is 0 Å². The van der Waals surface area contributed by atoms with Crippen molar-refractivity contribution < 1.29 is 9.47 Å². The van der Waals surface area contributed by atoms with Crippen LogP contribution in [0.1, 0.15) is 28.4 Å². The summed E-state index contributed by atoms with van der Waals surface area (Å²) >= 11 is 1.55. The molecule has 1 aliphatic heterocycles. The Hall–Kier alpha value is -3.03. The van der Waals surface area contributed by atoms with Crippen LogP contribution in [-0.2, 0) is 13.0 Å². The average Bonchev–Trinajstić information content (AvgIpc) is 3.22. The summed E-state index contributed by atoms with van der Waals surface area (Å²) in [5.74, 6) is 1.51. The summed E-state index contributed by atoms with van der Waals surface area (Å²) in [7, 11) is 3.38. The molecule has 0 unspecified atom stereocenters. The minimum absolute atomic E-state index is 0.00331. The smallest absolute Gasteiger partial charge is 0.187 e. The highest BCUT2D eigenvalue weighted by atomic mass is 32.2. The van der Waals surface area contributed by atoms with Crippen LogP contribution in [0.25, 0.3) is 10.9 Å². The van der Waals surface area contributed by atoms with Crippen molar-refractivity contribution in [2.75, 3.05) is 27.0 Å². The highest BCUT2D eigenvalue weighted by molar-refractivity contribution is 7.98. The lowest BCUT2D eigenvalue weighted by Gasteiger charge is -2.36. The van der Waals surface area contributed by atoms with Crippen molar-refractivity contribution in [1.82, 2.24) is 19.9 Å². The number of aromatic amines is 1. The molecular formula is C25H26N4O2S. The molecule has 0 saturated heterocycles. The lowest BCUT2D eigenvalue weighted by molar-refractivity contribution is 0.197. The standard InChI is InChI=1S/C25H26N4O2S/c1-30-21-10-6-8-19(24(21)31-2)23-22-18(17-7-4-5-9-20(17)28-22)11-12-29(23)15-16-13-26-25(32-3)27-14-16/h4-10,13-14,23,28H,11-12,15H2,1-3H3/t23-/m1/s1. The Morgan fingerprint density at radius 2 is 1.88 bits per heavy atom.